The van der Waals surface area contributed by atoms with Gasteiger partial charge in [-0.2, -0.15) is 0 Å². The number of halogens is 3. The number of aromatic nitrogens is 1. The lowest BCUT2D eigenvalue weighted by molar-refractivity contribution is -0.0549. The van der Waals surface area contributed by atoms with Crippen LogP contribution in [-0.4, -0.2) is 23.3 Å². The smallest absolute Gasteiger partial charge is 0.337 e. The Hall–Kier alpha value is -3.03. The highest BCUT2D eigenvalue weighted by atomic mass is 35.5. The maximum atomic E-state index is 11.9. The third-order valence-corrected chi connectivity index (χ3v) is 8.68. The number of rotatable bonds is 8. The van der Waals surface area contributed by atoms with Crippen LogP contribution in [0.1, 0.15) is 70.3 Å². The Labute approximate surface area is 246 Å². The van der Waals surface area contributed by atoms with Crippen LogP contribution >= 0.6 is 34.8 Å². The second kappa shape index (κ2) is 10.7. The Morgan fingerprint density at radius 1 is 1.00 bits per heavy atom. The molecule has 4 aromatic rings. The topological polar surface area (TPSA) is 81.8 Å². The SMILES string of the molecule is COC(=O)c1cccc([C@H]2C[C@](O)(c3ccc(OCc4c(-c5c(Cl)cccc5Cl)noc4C4CC4)cc3Cl)C2)c1. The molecule has 1 heterocycles. The number of carbonyl (C=O) groups is 1. The summed E-state index contributed by atoms with van der Waals surface area (Å²) in [5.41, 5.74) is 3.06. The third-order valence-electron chi connectivity index (χ3n) is 7.74. The second-order valence-corrected chi connectivity index (χ2v) is 11.7. The van der Waals surface area contributed by atoms with Crippen LogP contribution in [0, 0.1) is 0 Å². The van der Waals surface area contributed by atoms with Crippen LogP contribution in [0.4, 0.5) is 0 Å². The van der Waals surface area contributed by atoms with Gasteiger partial charge in [0.1, 0.15) is 23.8 Å². The van der Waals surface area contributed by atoms with Crippen LogP contribution < -0.4 is 4.74 Å². The Morgan fingerprint density at radius 3 is 2.40 bits per heavy atom. The molecule has 1 N–H and O–H groups in total. The molecule has 0 radical (unpaired) electrons. The Morgan fingerprint density at radius 2 is 1.73 bits per heavy atom. The summed E-state index contributed by atoms with van der Waals surface area (Å²) < 4.78 is 16.7. The second-order valence-electron chi connectivity index (χ2n) is 10.4. The Kier molecular flexibility index (Phi) is 7.30. The highest BCUT2D eigenvalue weighted by molar-refractivity contribution is 6.39. The van der Waals surface area contributed by atoms with Gasteiger partial charge in [0, 0.05) is 17.0 Å². The van der Waals surface area contributed by atoms with Crippen LogP contribution in [0.3, 0.4) is 0 Å². The number of esters is 1. The number of methoxy groups -OCH3 is 1. The van der Waals surface area contributed by atoms with Crippen molar-refractivity contribution in [1.82, 2.24) is 5.16 Å². The number of hydrogen-bond acceptors (Lipinski definition) is 6. The van der Waals surface area contributed by atoms with Crippen LogP contribution in [0.15, 0.2) is 65.2 Å². The van der Waals surface area contributed by atoms with Gasteiger partial charge in [0.05, 0.1) is 38.9 Å². The van der Waals surface area contributed by atoms with E-state index in [2.05, 4.69) is 5.16 Å². The van der Waals surface area contributed by atoms with E-state index in [1.165, 1.54) is 7.11 Å². The van der Waals surface area contributed by atoms with Crippen molar-refractivity contribution in [1.29, 1.82) is 0 Å². The summed E-state index contributed by atoms with van der Waals surface area (Å²) in [6, 6.07) is 18.0. The van der Waals surface area contributed by atoms with Gasteiger partial charge in [-0.25, -0.2) is 4.79 Å². The van der Waals surface area contributed by atoms with Gasteiger partial charge in [-0.05, 0) is 73.6 Å². The van der Waals surface area contributed by atoms with Gasteiger partial charge in [0.25, 0.3) is 0 Å². The maximum Gasteiger partial charge on any atom is 0.337 e. The van der Waals surface area contributed by atoms with E-state index in [-0.39, 0.29) is 18.5 Å². The molecule has 0 spiro atoms. The number of nitrogens with zero attached hydrogens (tertiary/aromatic N) is 1. The molecule has 9 heteroatoms. The molecule has 0 bridgehead atoms. The van der Waals surface area contributed by atoms with Gasteiger partial charge in [-0.15, -0.1) is 0 Å². The molecule has 2 aliphatic rings. The first kappa shape index (κ1) is 27.2. The fraction of sp³-hybridized carbons (Fsp3) is 0.290. The normalized spacial score (nSPS) is 20.2. The predicted octanol–water partition coefficient (Wildman–Crippen LogP) is 8.31. The number of aliphatic hydroxyl groups is 1. The van der Waals surface area contributed by atoms with Crippen molar-refractivity contribution >= 4 is 40.8 Å². The van der Waals surface area contributed by atoms with Gasteiger partial charge in [0.15, 0.2) is 0 Å². The van der Waals surface area contributed by atoms with Gasteiger partial charge < -0.3 is 19.1 Å². The summed E-state index contributed by atoms with van der Waals surface area (Å²) in [6.07, 6.45) is 3.05. The third kappa shape index (κ3) is 5.10. The van der Waals surface area contributed by atoms with Crippen molar-refractivity contribution < 1.29 is 23.9 Å². The molecular weight excluding hydrogens is 573 g/mol. The maximum absolute atomic E-state index is 11.9. The fourth-order valence-electron chi connectivity index (χ4n) is 5.42. The average molecular weight is 599 g/mol. The van der Waals surface area contributed by atoms with Crippen LogP contribution in [-0.2, 0) is 16.9 Å². The summed E-state index contributed by atoms with van der Waals surface area (Å²) >= 11 is 19.6. The largest absolute Gasteiger partial charge is 0.489 e. The van der Waals surface area contributed by atoms with E-state index in [4.69, 9.17) is 48.8 Å². The first-order valence-corrected chi connectivity index (χ1v) is 14.2. The molecule has 2 aliphatic carbocycles. The van der Waals surface area contributed by atoms with Crippen LogP contribution in [0.25, 0.3) is 11.3 Å². The van der Waals surface area contributed by atoms with Crippen molar-refractivity contribution in [2.24, 2.45) is 0 Å². The minimum atomic E-state index is -1.07. The molecule has 0 saturated heterocycles. The van der Waals surface area contributed by atoms with Gasteiger partial charge in [0.2, 0.25) is 0 Å². The fourth-order valence-corrected chi connectivity index (χ4v) is 6.34. The quantitative estimate of drug-likeness (QED) is 0.205. The first-order chi connectivity index (χ1) is 19.3. The summed E-state index contributed by atoms with van der Waals surface area (Å²) in [6.45, 7) is 0.199. The predicted molar refractivity (Wildman–Crippen MR) is 153 cm³/mol. The molecule has 0 aliphatic heterocycles. The molecule has 0 amide bonds. The number of ether oxygens (including phenoxy) is 2. The van der Waals surface area contributed by atoms with Crippen molar-refractivity contribution in [3.05, 3.63) is 104 Å². The molecule has 6 nitrogen and oxygen atoms in total. The minimum Gasteiger partial charge on any atom is -0.489 e. The number of carbonyl (C=O) groups excluding carboxylic acids is 1. The summed E-state index contributed by atoms with van der Waals surface area (Å²) in [5.74, 6) is 1.37. The zero-order chi connectivity index (χ0) is 28.0. The van der Waals surface area contributed by atoms with E-state index < -0.39 is 5.60 Å². The van der Waals surface area contributed by atoms with Crippen LogP contribution in [0.5, 0.6) is 5.75 Å². The molecule has 2 fully saturated rings. The molecule has 2 saturated carbocycles. The molecule has 40 heavy (non-hydrogen) atoms. The van der Waals surface area contributed by atoms with Crippen molar-refractivity contribution in [2.45, 2.75) is 49.7 Å². The molecule has 3 aromatic carbocycles. The highest BCUT2D eigenvalue weighted by Crippen LogP contribution is 2.53. The Bertz CT molecular complexity index is 1570. The lowest BCUT2D eigenvalue weighted by atomic mass is 9.65. The highest BCUT2D eigenvalue weighted by Gasteiger charge is 2.45. The van der Waals surface area contributed by atoms with Crippen molar-refractivity contribution in [2.75, 3.05) is 7.11 Å². The van der Waals surface area contributed by atoms with E-state index in [9.17, 15) is 9.90 Å². The number of benzene rings is 3. The zero-order valence-corrected chi connectivity index (χ0v) is 23.9. The molecular formula is C31H26Cl3NO5. The minimum absolute atomic E-state index is 0.103. The van der Waals surface area contributed by atoms with E-state index >= 15 is 0 Å². The molecule has 0 unspecified atom stereocenters. The van der Waals surface area contributed by atoms with E-state index in [0.717, 1.165) is 29.7 Å². The van der Waals surface area contributed by atoms with Gasteiger partial charge >= 0.3 is 5.97 Å². The standard InChI is InChI=1S/C31H26Cl3NO5/c1-38-30(36)19-5-2-4-18(12-19)20-14-31(37,15-20)23-11-10-21(13-26(23)34)39-16-22-28(35-40-29(22)17-8-9-17)27-24(32)6-3-7-25(27)33/h2-7,10-13,17,20,37H,8-9,14-16H2,1H3/t20-,31+. The van der Waals surface area contributed by atoms with E-state index in [1.807, 2.05) is 18.2 Å². The molecule has 6 rings (SSSR count). The molecule has 1 aromatic heterocycles. The van der Waals surface area contributed by atoms with Crippen molar-refractivity contribution in [3.63, 3.8) is 0 Å². The van der Waals surface area contributed by atoms with Crippen LogP contribution in [0.2, 0.25) is 15.1 Å². The average Bonchev–Trinajstić information content (AvgIpc) is 3.69. The molecule has 0 atom stereocenters. The molecule has 206 valence electrons. The number of hydrogen-bond donors (Lipinski definition) is 1. The zero-order valence-electron chi connectivity index (χ0n) is 21.6. The monoisotopic (exact) mass is 597 g/mol. The summed E-state index contributed by atoms with van der Waals surface area (Å²) in [4.78, 5) is 11.9. The summed E-state index contributed by atoms with van der Waals surface area (Å²) in [7, 11) is 1.36. The summed E-state index contributed by atoms with van der Waals surface area (Å²) in [5, 5.41) is 17.0. The Balaban J connectivity index is 1.18. The van der Waals surface area contributed by atoms with Gasteiger partial charge in [-0.1, -0.05) is 64.2 Å². The lowest BCUT2D eigenvalue weighted by Crippen LogP contribution is -2.40. The lowest BCUT2D eigenvalue weighted by Gasteiger charge is -2.44. The van der Waals surface area contributed by atoms with Crippen molar-refractivity contribution in [3.8, 4) is 17.0 Å². The van der Waals surface area contributed by atoms with E-state index in [1.54, 1.807) is 42.5 Å². The first-order valence-electron chi connectivity index (χ1n) is 13.0. The van der Waals surface area contributed by atoms with E-state index in [0.29, 0.717) is 62.0 Å². The van der Waals surface area contributed by atoms with Gasteiger partial charge in [-0.3, -0.25) is 0 Å².